The number of aryl methyl sites for hydroxylation is 2. The number of hydrogen-bond donors (Lipinski definition) is 1. The number of fused-ring (bicyclic) bond motifs is 1. The summed E-state index contributed by atoms with van der Waals surface area (Å²) in [5.41, 5.74) is 0.735. The van der Waals surface area contributed by atoms with E-state index in [0.717, 1.165) is 0 Å². The van der Waals surface area contributed by atoms with Gasteiger partial charge < -0.3 is 4.90 Å². The number of H-pyrrole nitrogens is 1. The highest BCUT2D eigenvalue weighted by atomic mass is 19.4. The number of nitrogens with zero attached hydrogens (tertiary/aromatic N) is 4. The fraction of sp³-hybridized carbons (Fsp3) is 0.316. The van der Waals surface area contributed by atoms with Crippen LogP contribution in [-0.2, 0) is 17.8 Å². The lowest BCUT2D eigenvalue weighted by molar-refractivity contribution is -0.385. The Labute approximate surface area is 173 Å². The fourth-order valence-corrected chi connectivity index (χ4v) is 3.35. The summed E-state index contributed by atoms with van der Waals surface area (Å²) in [5, 5.41) is 13.7. The van der Waals surface area contributed by atoms with Crippen molar-refractivity contribution in [2.75, 3.05) is 6.54 Å². The van der Waals surface area contributed by atoms with Crippen LogP contribution in [0.1, 0.15) is 22.5 Å². The minimum absolute atomic E-state index is 0.0122. The number of nitro benzene ring substituents is 1. The second kappa shape index (κ2) is 8.20. The lowest BCUT2D eigenvalue weighted by Crippen LogP contribution is -2.39. The number of halogens is 3. The SMILES string of the molecule is Cc1nc2cc(=O)[nH]n2c(C)c1CC(=O)N(Cc1ccccc1[N+](=O)[O-])CC(F)(F)F. The molecule has 3 aromatic rings. The third-order valence-electron chi connectivity index (χ3n) is 4.80. The van der Waals surface area contributed by atoms with Gasteiger partial charge in [-0.2, -0.15) is 13.2 Å². The van der Waals surface area contributed by atoms with E-state index in [1.165, 1.54) is 34.8 Å². The van der Waals surface area contributed by atoms with E-state index in [4.69, 9.17) is 0 Å². The molecule has 0 aliphatic rings. The average Bonchev–Trinajstić information content (AvgIpc) is 3.04. The molecule has 0 aliphatic heterocycles. The van der Waals surface area contributed by atoms with Crippen LogP contribution in [-0.4, -0.2) is 43.0 Å². The van der Waals surface area contributed by atoms with Crippen LogP contribution in [0.2, 0.25) is 0 Å². The first-order valence-electron chi connectivity index (χ1n) is 9.11. The van der Waals surface area contributed by atoms with Crippen LogP contribution in [0.25, 0.3) is 5.65 Å². The Morgan fingerprint density at radius 3 is 2.61 bits per heavy atom. The normalized spacial score (nSPS) is 11.6. The van der Waals surface area contributed by atoms with Gasteiger partial charge in [-0.3, -0.25) is 24.8 Å². The third-order valence-corrected chi connectivity index (χ3v) is 4.80. The van der Waals surface area contributed by atoms with E-state index < -0.39 is 42.1 Å². The number of benzene rings is 1. The summed E-state index contributed by atoms with van der Waals surface area (Å²) in [5.74, 6) is -0.877. The van der Waals surface area contributed by atoms with Crippen molar-refractivity contribution in [2.24, 2.45) is 0 Å². The van der Waals surface area contributed by atoms with Crippen LogP contribution in [0.3, 0.4) is 0 Å². The van der Waals surface area contributed by atoms with E-state index in [-0.39, 0.29) is 11.3 Å². The maximum atomic E-state index is 13.2. The highest BCUT2D eigenvalue weighted by Gasteiger charge is 2.34. The highest BCUT2D eigenvalue weighted by molar-refractivity contribution is 5.79. The molecule has 0 atom stereocenters. The topological polar surface area (TPSA) is 114 Å². The van der Waals surface area contributed by atoms with Crippen LogP contribution in [0, 0.1) is 24.0 Å². The van der Waals surface area contributed by atoms with E-state index in [1.807, 2.05) is 0 Å². The van der Waals surface area contributed by atoms with Crippen LogP contribution in [0.4, 0.5) is 18.9 Å². The molecule has 0 radical (unpaired) electrons. The van der Waals surface area contributed by atoms with E-state index in [9.17, 15) is 32.9 Å². The van der Waals surface area contributed by atoms with Gasteiger partial charge in [-0.05, 0) is 13.8 Å². The first kappa shape index (κ1) is 22.0. The first-order chi connectivity index (χ1) is 14.5. The Kier molecular flexibility index (Phi) is 5.82. The molecule has 0 spiro atoms. The molecular weight excluding hydrogens is 419 g/mol. The van der Waals surface area contributed by atoms with E-state index in [2.05, 4.69) is 10.1 Å². The van der Waals surface area contributed by atoms with Gasteiger partial charge in [0.2, 0.25) is 5.91 Å². The van der Waals surface area contributed by atoms with Gasteiger partial charge in [0.05, 0.1) is 17.9 Å². The summed E-state index contributed by atoms with van der Waals surface area (Å²) in [6.45, 7) is 1.05. The fourth-order valence-electron chi connectivity index (χ4n) is 3.35. The molecule has 0 saturated heterocycles. The molecule has 9 nitrogen and oxygen atoms in total. The highest BCUT2D eigenvalue weighted by Crippen LogP contribution is 2.24. The minimum Gasteiger partial charge on any atom is -0.329 e. The number of amides is 1. The van der Waals surface area contributed by atoms with Gasteiger partial charge in [-0.1, -0.05) is 18.2 Å². The number of nitro groups is 1. The number of hydrogen-bond acceptors (Lipinski definition) is 5. The van der Waals surface area contributed by atoms with Crippen molar-refractivity contribution in [3.05, 3.63) is 73.3 Å². The zero-order chi connectivity index (χ0) is 22.9. The van der Waals surface area contributed by atoms with Crippen molar-refractivity contribution in [3.63, 3.8) is 0 Å². The zero-order valence-corrected chi connectivity index (χ0v) is 16.6. The number of aromatic amines is 1. The van der Waals surface area contributed by atoms with Gasteiger partial charge in [0.1, 0.15) is 6.54 Å². The van der Waals surface area contributed by atoms with Crippen molar-refractivity contribution >= 4 is 17.2 Å². The predicted octanol–water partition coefficient (Wildman–Crippen LogP) is 2.68. The Bertz CT molecular complexity index is 1220. The maximum Gasteiger partial charge on any atom is 0.406 e. The molecule has 31 heavy (non-hydrogen) atoms. The lowest BCUT2D eigenvalue weighted by Gasteiger charge is -2.25. The lowest BCUT2D eigenvalue weighted by atomic mass is 10.1. The Balaban J connectivity index is 1.96. The van der Waals surface area contributed by atoms with Crippen LogP contribution >= 0.6 is 0 Å². The van der Waals surface area contributed by atoms with Crippen LogP contribution in [0.5, 0.6) is 0 Å². The molecule has 0 unspecified atom stereocenters. The van der Waals surface area contributed by atoms with Gasteiger partial charge in [0, 0.05) is 34.6 Å². The summed E-state index contributed by atoms with van der Waals surface area (Å²) in [7, 11) is 0. The average molecular weight is 437 g/mol. The number of nitrogens with one attached hydrogen (secondary N) is 1. The van der Waals surface area contributed by atoms with Crippen molar-refractivity contribution < 1.29 is 22.9 Å². The number of aromatic nitrogens is 3. The van der Waals surface area contributed by atoms with Gasteiger partial charge in [0.15, 0.2) is 5.65 Å². The van der Waals surface area contributed by atoms with E-state index in [1.54, 1.807) is 13.8 Å². The van der Waals surface area contributed by atoms with Crippen molar-refractivity contribution in [1.29, 1.82) is 0 Å². The number of rotatable bonds is 6. The number of carbonyl (C=O) groups is 1. The number of carbonyl (C=O) groups excluding carboxylic acids is 1. The molecular formula is C19H18F3N5O4. The van der Waals surface area contributed by atoms with Crippen molar-refractivity contribution in [3.8, 4) is 0 Å². The smallest absolute Gasteiger partial charge is 0.329 e. The van der Waals surface area contributed by atoms with Crippen LogP contribution < -0.4 is 5.56 Å². The second-order valence-corrected chi connectivity index (χ2v) is 7.00. The summed E-state index contributed by atoms with van der Waals surface area (Å²) < 4.78 is 40.8. The summed E-state index contributed by atoms with van der Waals surface area (Å²) in [6.07, 6.45) is -5.12. The summed E-state index contributed by atoms with van der Waals surface area (Å²) >= 11 is 0. The molecule has 2 aromatic heterocycles. The molecule has 12 heteroatoms. The Hall–Kier alpha value is -3.70. The molecule has 3 rings (SSSR count). The van der Waals surface area contributed by atoms with Crippen LogP contribution in [0.15, 0.2) is 35.1 Å². The van der Waals surface area contributed by atoms with Gasteiger partial charge in [0.25, 0.3) is 11.2 Å². The zero-order valence-electron chi connectivity index (χ0n) is 16.6. The number of para-hydroxylation sites is 1. The van der Waals surface area contributed by atoms with E-state index in [0.29, 0.717) is 27.5 Å². The largest absolute Gasteiger partial charge is 0.406 e. The van der Waals surface area contributed by atoms with Crippen molar-refractivity contribution in [1.82, 2.24) is 19.5 Å². The van der Waals surface area contributed by atoms with Crippen molar-refractivity contribution in [2.45, 2.75) is 33.0 Å². The van der Waals surface area contributed by atoms with Gasteiger partial charge in [-0.25, -0.2) is 9.50 Å². The summed E-state index contributed by atoms with van der Waals surface area (Å²) in [4.78, 5) is 39.7. The molecule has 0 fully saturated rings. The molecule has 1 amide bonds. The molecule has 0 bridgehead atoms. The molecule has 0 aliphatic carbocycles. The molecule has 2 heterocycles. The molecule has 1 N–H and O–H groups in total. The first-order valence-corrected chi connectivity index (χ1v) is 9.11. The standard InChI is InChI=1S/C19H18F3N5O4/c1-11-14(12(2)26-16(23-11)8-17(28)24-26)7-18(29)25(10-19(20,21)22)9-13-5-3-4-6-15(13)27(30)31/h3-6,8H,7,9-10H2,1-2H3,(H,24,28). The minimum atomic E-state index is -4.70. The molecule has 1 aromatic carbocycles. The Morgan fingerprint density at radius 2 is 1.97 bits per heavy atom. The van der Waals surface area contributed by atoms with Gasteiger partial charge in [-0.15, -0.1) is 0 Å². The maximum absolute atomic E-state index is 13.2. The predicted molar refractivity (Wildman–Crippen MR) is 104 cm³/mol. The van der Waals surface area contributed by atoms with E-state index >= 15 is 0 Å². The second-order valence-electron chi connectivity index (χ2n) is 7.00. The quantitative estimate of drug-likeness (QED) is 0.471. The van der Waals surface area contributed by atoms with Gasteiger partial charge >= 0.3 is 6.18 Å². The number of alkyl halides is 3. The monoisotopic (exact) mass is 437 g/mol. The summed E-state index contributed by atoms with van der Waals surface area (Å²) in [6, 6.07) is 6.58. The molecule has 0 saturated carbocycles. The Morgan fingerprint density at radius 1 is 1.29 bits per heavy atom. The third kappa shape index (κ3) is 4.90. The molecule has 164 valence electrons.